The summed E-state index contributed by atoms with van der Waals surface area (Å²) >= 11 is 0. The lowest BCUT2D eigenvalue weighted by Crippen LogP contribution is -2.31. The Hall–Kier alpha value is -1.92. The van der Waals surface area contributed by atoms with E-state index in [2.05, 4.69) is 0 Å². The second kappa shape index (κ2) is 7.10. The molecule has 124 valence electrons. The zero-order chi connectivity index (χ0) is 16.2. The molecule has 2 aliphatic rings. The van der Waals surface area contributed by atoms with Crippen LogP contribution in [0.3, 0.4) is 0 Å². The number of hydrogen-bond donors (Lipinski definition) is 2. The number of hydroxylamine groups is 1. The SMILES string of the molecule is O=C(NO)c1ccc2c(c1)OCCC(C(=O)[C@H]1CCCOC1)C2. The van der Waals surface area contributed by atoms with Gasteiger partial charge in [0.1, 0.15) is 11.5 Å². The van der Waals surface area contributed by atoms with Crippen LogP contribution >= 0.6 is 0 Å². The summed E-state index contributed by atoms with van der Waals surface area (Å²) in [6, 6.07) is 5.03. The van der Waals surface area contributed by atoms with Crippen molar-refractivity contribution in [2.45, 2.75) is 25.7 Å². The number of rotatable bonds is 3. The smallest absolute Gasteiger partial charge is 0.274 e. The fourth-order valence-electron chi connectivity index (χ4n) is 3.28. The van der Waals surface area contributed by atoms with Crippen molar-refractivity contribution in [3.05, 3.63) is 29.3 Å². The first-order valence-corrected chi connectivity index (χ1v) is 8.00. The van der Waals surface area contributed by atoms with E-state index in [1.165, 1.54) is 0 Å². The molecule has 1 aromatic carbocycles. The first kappa shape index (κ1) is 16.0. The Balaban J connectivity index is 1.75. The molecular formula is C17H21NO5. The van der Waals surface area contributed by atoms with Gasteiger partial charge in [0.2, 0.25) is 0 Å². The summed E-state index contributed by atoms with van der Waals surface area (Å²) in [6.07, 6.45) is 3.13. The topological polar surface area (TPSA) is 84.9 Å². The Labute approximate surface area is 134 Å². The van der Waals surface area contributed by atoms with Gasteiger partial charge in [-0.25, -0.2) is 5.48 Å². The maximum absolute atomic E-state index is 12.7. The van der Waals surface area contributed by atoms with E-state index in [1.807, 2.05) is 0 Å². The molecule has 0 bridgehead atoms. The Kier molecular flexibility index (Phi) is 4.93. The van der Waals surface area contributed by atoms with Gasteiger partial charge in [0.15, 0.2) is 0 Å². The van der Waals surface area contributed by atoms with Crippen molar-refractivity contribution >= 4 is 11.7 Å². The number of fused-ring (bicyclic) bond motifs is 1. The molecule has 0 radical (unpaired) electrons. The summed E-state index contributed by atoms with van der Waals surface area (Å²) in [5, 5.41) is 8.71. The monoisotopic (exact) mass is 319 g/mol. The molecule has 1 saturated heterocycles. The average Bonchev–Trinajstić information content (AvgIpc) is 2.82. The number of benzene rings is 1. The summed E-state index contributed by atoms with van der Waals surface area (Å²) in [6.45, 7) is 1.72. The molecule has 23 heavy (non-hydrogen) atoms. The van der Waals surface area contributed by atoms with Gasteiger partial charge in [0.05, 0.1) is 13.2 Å². The highest BCUT2D eigenvalue weighted by Gasteiger charge is 2.31. The summed E-state index contributed by atoms with van der Waals surface area (Å²) < 4.78 is 11.1. The highest BCUT2D eigenvalue weighted by molar-refractivity contribution is 5.94. The minimum absolute atomic E-state index is 0.00487. The van der Waals surface area contributed by atoms with Gasteiger partial charge in [0.25, 0.3) is 5.91 Å². The van der Waals surface area contributed by atoms with Gasteiger partial charge < -0.3 is 9.47 Å². The zero-order valence-corrected chi connectivity index (χ0v) is 12.9. The lowest BCUT2D eigenvalue weighted by molar-refractivity contribution is -0.131. The number of ether oxygens (including phenoxy) is 2. The molecule has 0 aromatic heterocycles. The summed E-state index contributed by atoms with van der Waals surface area (Å²) in [5.74, 6) is 0.224. The Morgan fingerprint density at radius 1 is 1.17 bits per heavy atom. The standard InChI is InChI=1S/C17H21NO5/c19-16(14-2-1-6-22-10-14)12-5-7-23-15-9-13(17(20)18-21)4-3-11(15)8-12/h3-4,9,12,14,21H,1-2,5-8,10H2,(H,18,20)/t12?,14-/m0/s1. The van der Waals surface area contributed by atoms with Crippen molar-refractivity contribution in [2.24, 2.45) is 11.8 Å². The largest absolute Gasteiger partial charge is 0.493 e. The first-order valence-electron chi connectivity index (χ1n) is 8.00. The molecule has 3 rings (SSSR count). The molecular weight excluding hydrogens is 298 g/mol. The Morgan fingerprint density at radius 2 is 2.04 bits per heavy atom. The summed E-state index contributed by atoms with van der Waals surface area (Å²) in [4.78, 5) is 24.2. The van der Waals surface area contributed by atoms with Gasteiger partial charge in [0, 0.05) is 24.0 Å². The van der Waals surface area contributed by atoms with E-state index >= 15 is 0 Å². The third kappa shape index (κ3) is 3.54. The normalized spacial score (nSPS) is 24.0. The molecule has 1 fully saturated rings. The molecule has 1 aromatic rings. The third-order valence-corrected chi connectivity index (χ3v) is 4.59. The highest BCUT2D eigenvalue weighted by Crippen LogP contribution is 2.31. The fourth-order valence-corrected chi connectivity index (χ4v) is 3.28. The molecule has 1 amide bonds. The first-order chi connectivity index (χ1) is 11.2. The number of carbonyl (C=O) groups is 2. The van der Waals surface area contributed by atoms with Crippen molar-refractivity contribution in [2.75, 3.05) is 19.8 Å². The third-order valence-electron chi connectivity index (χ3n) is 4.59. The van der Waals surface area contributed by atoms with Crippen LogP contribution in [-0.2, 0) is 16.0 Å². The van der Waals surface area contributed by atoms with Crippen molar-refractivity contribution in [1.29, 1.82) is 0 Å². The molecule has 0 saturated carbocycles. The van der Waals surface area contributed by atoms with E-state index < -0.39 is 5.91 Å². The van der Waals surface area contributed by atoms with Crippen LogP contribution in [0.1, 0.15) is 35.2 Å². The van der Waals surface area contributed by atoms with Gasteiger partial charge in [-0.3, -0.25) is 14.8 Å². The molecule has 2 atom stereocenters. The van der Waals surface area contributed by atoms with E-state index in [1.54, 1.807) is 23.7 Å². The molecule has 2 aliphatic heterocycles. The fraction of sp³-hybridized carbons (Fsp3) is 0.529. The summed E-state index contributed by atoms with van der Waals surface area (Å²) in [7, 11) is 0. The van der Waals surface area contributed by atoms with Crippen LogP contribution in [0, 0.1) is 11.8 Å². The van der Waals surface area contributed by atoms with E-state index in [4.69, 9.17) is 14.7 Å². The number of hydrogen-bond acceptors (Lipinski definition) is 5. The molecule has 0 spiro atoms. The summed E-state index contributed by atoms with van der Waals surface area (Å²) in [5.41, 5.74) is 2.86. The zero-order valence-electron chi connectivity index (χ0n) is 12.9. The van der Waals surface area contributed by atoms with Gasteiger partial charge in [-0.1, -0.05) is 6.07 Å². The lowest BCUT2D eigenvalue weighted by atomic mass is 9.84. The van der Waals surface area contributed by atoms with Crippen LogP contribution in [0.5, 0.6) is 5.75 Å². The number of Topliss-reactive ketones (excluding diaryl/α,β-unsaturated/α-hetero) is 1. The quantitative estimate of drug-likeness (QED) is 0.655. The average molecular weight is 319 g/mol. The van der Waals surface area contributed by atoms with E-state index in [0.29, 0.717) is 37.4 Å². The predicted molar refractivity (Wildman–Crippen MR) is 81.6 cm³/mol. The second-order valence-electron chi connectivity index (χ2n) is 6.12. The minimum atomic E-state index is -0.576. The van der Waals surface area contributed by atoms with Crippen molar-refractivity contribution in [3.8, 4) is 5.75 Å². The van der Waals surface area contributed by atoms with Crippen LogP contribution in [0.25, 0.3) is 0 Å². The minimum Gasteiger partial charge on any atom is -0.493 e. The van der Waals surface area contributed by atoms with Gasteiger partial charge in [-0.15, -0.1) is 0 Å². The van der Waals surface area contributed by atoms with E-state index in [0.717, 1.165) is 25.0 Å². The van der Waals surface area contributed by atoms with Crippen LogP contribution in [-0.4, -0.2) is 36.7 Å². The second-order valence-corrected chi connectivity index (χ2v) is 6.12. The van der Waals surface area contributed by atoms with Crippen LogP contribution in [0.2, 0.25) is 0 Å². The maximum Gasteiger partial charge on any atom is 0.274 e. The number of ketones is 1. The van der Waals surface area contributed by atoms with E-state index in [-0.39, 0.29) is 17.6 Å². The Bertz CT molecular complexity index is 595. The lowest BCUT2D eigenvalue weighted by Gasteiger charge is -2.24. The molecule has 2 heterocycles. The highest BCUT2D eigenvalue weighted by atomic mass is 16.5. The Morgan fingerprint density at radius 3 is 2.78 bits per heavy atom. The van der Waals surface area contributed by atoms with Gasteiger partial charge >= 0.3 is 0 Å². The van der Waals surface area contributed by atoms with Gasteiger partial charge in [-0.05, 0) is 43.4 Å². The van der Waals surface area contributed by atoms with Gasteiger partial charge in [-0.2, -0.15) is 0 Å². The van der Waals surface area contributed by atoms with Crippen LogP contribution < -0.4 is 10.2 Å². The molecule has 0 aliphatic carbocycles. The maximum atomic E-state index is 12.7. The molecule has 6 heteroatoms. The van der Waals surface area contributed by atoms with Crippen molar-refractivity contribution in [3.63, 3.8) is 0 Å². The number of carbonyl (C=O) groups excluding carboxylic acids is 2. The van der Waals surface area contributed by atoms with Crippen molar-refractivity contribution in [1.82, 2.24) is 5.48 Å². The number of amides is 1. The van der Waals surface area contributed by atoms with Crippen LogP contribution in [0.4, 0.5) is 0 Å². The van der Waals surface area contributed by atoms with Crippen LogP contribution in [0.15, 0.2) is 18.2 Å². The number of nitrogens with one attached hydrogen (secondary N) is 1. The molecule has 1 unspecified atom stereocenters. The van der Waals surface area contributed by atoms with Crippen molar-refractivity contribution < 1.29 is 24.3 Å². The molecule has 6 nitrogen and oxygen atoms in total. The molecule has 2 N–H and O–H groups in total. The van der Waals surface area contributed by atoms with E-state index in [9.17, 15) is 9.59 Å². The predicted octanol–water partition coefficient (Wildman–Crippen LogP) is 1.74.